The summed E-state index contributed by atoms with van der Waals surface area (Å²) in [5.74, 6) is 1.52. The van der Waals surface area contributed by atoms with E-state index in [1.165, 1.54) is 0 Å². The van der Waals surface area contributed by atoms with Crippen molar-refractivity contribution in [2.45, 2.75) is 59.4 Å². The highest BCUT2D eigenvalue weighted by molar-refractivity contribution is 7.58. The smallest absolute Gasteiger partial charge is 0.339 e. The lowest BCUT2D eigenvalue weighted by atomic mass is 10.1. The van der Waals surface area contributed by atoms with Crippen LogP contribution in [0.15, 0.2) is 48.7 Å². The van der Waals surface area contributed by atoms with Crippen LogP contribution in [-0.2, 0) is 27.2 Å². The lowest BCUT2D eigenvalue weighted by Gasteiger charge is -2.32. The molecule has 0 fully saturated rings. The Balaban J connectivity index is 2.27. The zero-order chi connectivity index (χ0) is 27.5. The van der Waals surface area contributed by atoms with E-state index in [-0.39, 0.29) is 31.6 Å². The van der Waals surface area contributed by atoms with Crippen LogP contribution in [0.4, 0.5) is 5.82 Å². The molecule has 0 radical (unpaired) electrons. The third-order valence-electron chi connectivity index (χ3n) is 5.15. The summed E-state index contributed by atoms with van der Waals surface area (Å²) in [6, 6.07) is 12.9. The lowest BCUT2D eigenvalue weighted by molar-refractivity contribution is 0.136. The summed E-state index contributed by atoms with van der Waals surface area (Å²) >= 11 is 0. The van der Waals surface area contributed by atoms with Crippen LogP contribution in [0, 0.1) is 0 Å². The van der Waals surface area contributed by atoms with E-state index in [9.17, 15) is 9.13 Å². The maximum Gasteiger partial charge on any atom is 0.339 e. The number of pyridine rings is 1. The quantitative estimate of drug-likeness (QED) is 0.192. The van der Waals surface area contributed by atoms with Gasteiger partial charge in [-0.2, -0.15) is 0 Å². The maximum atomic E-state index is 14.2. The first kappa shape index (κ1) is 31.5. The Bertz CT molecular complexity index is 995. The number of hydrogen-bond donors (Lipinski definition) is 0. The second kappa shape index (κ2) is 15.0. The van der Waals surface area contributed by atoms with Crippen LogP contribution in [0.25, 0.3) is 0 Å². The molecule has 0 bridgehead atoms. The van der Waals surface area contributed by atoms with Crippen LogP contribution < -0.4 is 9.64 Å². The molecule has 1 atom stereocenters. The summed E-state index contributed by atoms with van der Waals surface area (Å²) in [6.45, 7) is 12.1. The number of hydrogen-bond acceptors (Lipinski definition) is 9. The second-order valence-electron chi connectivity index (χ2n) is 9.02. The highest BCUT2D eigenvalue weighted by Crippen LogP contribution is 2.67. The molecule has 0 aliphatic carbocycles. The van der Waals surface area contributed by atoms with Gasteiger partial charge in [0.25, 0.3) is 0 Å². The molecule has 0 aliphatic heterocycles. The summed E-state index contributed by atoms with van der Waals surface area (Å²) < 4.78 is 56.4. The van der Waals surface area contributed by atoms with E-state index in [4.69, 9.17) is 22.8 Å². The lowest BCUT2D eigenvalue weighted by Crippen LogP contribution is -2.24. The molecule has 9 nitrogen and oxygen atoms in total. The monoisotopic (exact) mass is 556 g/mol. The average Bonchev–Trinajstić information content (AvgIpc) is 2.83. The van der Waals surface area contributed by atoms with Gasteiger partial charge in [-0.3, -0.25) is 9.13 Å². The van der Waals surface area contributed by atoms with E-state index in [1.807, 2.05) is 30.1 Å². The SMILES string of the molecule is CCOP(=O)(CC(c1ccc(OCCN(C)c2ccccn2)cc1)P(=O)(OC(C)C)OC(C)C)OCC. The minimum atomic E-state index is -3.78. The Kier molecular flexibility index (Phi) is 12.8. The van der Waals surface area contributed by atoms with Crippen molar-refractivity contribution in [3.8, 4) is 5.75 Å². The van der Waals surface area contributed by atoms with Gasteiger partial charge in [-0.25, -0.2) is 4.98 Å². The van der Waals surface area contributed by atoms with Crippen LogP contribution in [0.2, 0.25) is 0 Å². The van der Waals surface area contributed by atoms with Gasteiger partial charge in [0.1, 0.15) is 18.2 Å². The van der Waals surface area contributed by atoms with E-state index in [2.05, 4.69) is 4.98 Å². The molecule has 11 heteroatoms. The Morgan fingerprint density at radius 3 is 1.97 bits per heavy atom. The van der Waals surface area contributed by atoms with Crippen molar-refractivity contribution in [1.82, 2.24) is 4.98 Å². The summed E-state index contributed by atoms with van der Waals surface area (Å²) in [7, 11) is -5.39. The van der Waals surface area contributed by atoms with Gasteiger partial charge in [0.05, 0.1) is 43.8 Å². The Morgan fingerprint density at radius 2 is 1.49 bits per heavy atom. The highest BCUT2D eigenvalue weighted by atomic mass is 31.2. The van der Waals surface area contributed by atoms with Gasteiger partial charge in [-0.15, -0.1) is 0 Å². The van der Waals surface area contributed by atoms with Gasteiger partial charge < -0.3 is 27.7 Å². The number of rotatable bonds is 17. The maximum absolute atomic E-state index is 14.2. The van der Waals surface area contributed by atoms with E-state index in [1.54, 1.807) is 72.0 Å². The molecule has 0 saturated heterocycles. The molecule has 0 N–H and O–H groups in total. The molecule has 0 amide bonds. The molecule has 0 aliphatic rings. The molecule has 0 saturated carbocycles. The minimum Gasteiger partial charge on any atom is -0.492 e. The Hall–Kier alpha value is -1.73. The van der Waals surface area contributed by atoms with Gasteiger partial charge in [0.2, 0.25) is 0 Å². The summed E-state index contributed by atoms with van der Waals surface area (Å²) in [5.41, 5.74) is -0.215. The minimum absolute atomic E-state index is 0.138. The summed E-state index contributed by atoms with van der Waals surface area (Å²) in [6.07, 6.45) is 0.872. The van der Waals surface area contributed by atoms with Crippen molar-refractivity contribution >= 4 is 21.0 Å². The van der Waals surface area contributed by atoms with Crippen LogP contribution >= 0.6 is 15.2 Å². The number of aromatic nitrogens is 1. The number of ether oxygens (including phenoxy) is 1. The Morgan fingerprint density at radius 1 is 0.892 bits per heavy atom. The van der Waals surface area contributed by atoms with E-state index in [0.29, 0.717) is 24.5 Å². The van der Waals surface area contributed by atoms with Crippen LogP contribution in [0.3, 0.4) is 0 Å². The first-order valence-electron chi connectivity index (χ1n) is 12.7. The zero-order valence-corrected chi connectivity index (χ0v) is 24.8. The van der Waals surface area contributed by atoms with E-state index in [0.717, 1.165) is 5.82 Å². The molecule has 208 valence electrons. The van der Waals surface area contributed by atoms with E-state index >= 15 is 0 Å². The van der Waals surface area contributed by atoms with Crippen molar-refractivity contribution in [2.75, 3.05) is 44.5 Å². The Labute approximate surface area is 221 Å². The highest BCUT2D eigenvalue weighted by Gasteiger charge is 2.44. The van der Waals surface area contributed by atoms with Crippen molar-refractivity contribution in [2.24, 2.45) is 0 Å². The van der Waals surface area contributed by atoms with Crippen LogP contribution in [0.5, 0.6) is 5.75 Å². The van der Waals surface area contributed by atoms with Crippen LogP contribution in [0.1, 0.15) is 52.8 Å². The number of likely N-dealkylation sites (N-methyl/N-ethyl adjacent to an activating group) is 1. The molecule has 1 unspecified atom stereocenters. The molecule has 0 spiro atoms. The van der Waals surface area contributed by atoms with Crippen molar-refractivity contribution in [3.05, 3.63) is 54.2 Å². The molecule has 1 aromatic heterocycles. The fraction of sp³-hybridized carbons (Fsp3) is 0.577. The molecule has 1 aromatic carbocycles. The molecule has 37 heavy (non-hydrogen) atoms. The van der Waals surface area contributed by atoms with Crippen molar-refractivity contribution < 1.29 is 32.0 Å². The largest absolute Gasteiger partial charge is 0.492 e. The molecule has 2 rings (SSSR count). The van der Waals surface area contributed by atoms with Gasteiger partial charge >= 0.3 is 15.2 Å². The molecular formula is C26H42N2O7P2. The second-order valence-corrected chi connectivity index (χ2v) is 13.2. The first-order valence-corrected chi connectivity index (χ1v) is 16.1. The first-order chi connectivity index (χ1) is 17.5. The fourth-order valence-electron chi connectivity index (χ4n) is 3.68. The van der Waals surface area contributed by atoms with Gasteiger partial charge in [-0.05, 0) is 71.4 Å². The third kappa shape index (κ3) is 10.2. The van der Waals surface area contributed by atoms with Gasteiger partial charge in [0.15, 0.2) is 0 Å². The average molecular weight is 557 g/mol. The number of benzene rings is 1. The summed E-state index contributed by atoms with van der Waals surface area (Å²) in [4.78, 5) is 6.34. The molecule has 1 heterocycles. The predicted molar refractivity (Wildman–Crippen MR) is 148 cm³/mol. The topological polar surface area (TPSA) is 96.4 Å². The van der Waals surface area contributed by atoms with E-state index < -0.39 is 20.9 Å². The zero-order valence-electron chi connectivity index (χ0n) is 23.0. The van der Waals surface area contributed by atoms with Crippen molar-refractivity contribution in [3.63, 3.8) is 0 Å². The number of anilines is 1. The molecule has 2 aromatic rings. The third-order valence-corrected chi connectivity index (χ3v) is 10.2. The normalized spacial score (nSPS) is 13.2. The standard InChI is InChI=1S/C26H42N2O7P2/c1-8-32-36(29,33-9-2)20-25(37(30,34-21(3)4)35-22(5)6)23-13-15-24(16-14-23)31-19-18-28(7)26-12-10-11-17-27-26/h10-17,21-22,25H,8-9,18-20H2,1-7H3. The van der Waals surface area contributed by atoms with Gasteiger partial charge in [-0.1, -0.05) is 18.2 Å². The predicted octanol–water partition coefficient (Wildman–Crippen LogP) is 6.95. The van der Waals surface area contributed by atoms with Crippen molar-refractivity contribution in [1.29, 1.82) is 0 Å². The van der Waals surface area contributed by atoms with Crippen LogP contribution in [-0.4, -0.2) is 56.8 Å². The number of nitrogens with zero attached hydrogens (tertiary/aromatic N) is 2. The molecular weight excluding hydrogens is 514 g/mol. The van der Waals surface area contributed by atoms with Gasteiger partial charge in [0, 0.05) is 13.2 Å². The summed E-state index contributed by atoms with van der Waals surface area (Å²) in [5, 5.41) is 0. The fourth-order valence-corrected chi connectivity index (χ4v) is 8.84.